The fourth-order valence-corrected chi connectivity index (χ4v) is 3.29. The van der Waals surface area contributed by atoms with E-state index >= 15 is 0 Å². The summed E-state index contributed by atoms with van der Waals surface area (Å²) in [6, 6.07) is 15.8. The molecule has 4 nitrogen and oxygen atoms in total. The van der Waals surface area contributed by atoms with Crippen LogP contribution in [-0.2, 0) is 6.54 Å². The maximum absolute atomic E-state index is 12.4. The van der Waals surface area contributed by atoms with Crippen LogP contribution in [0.15, 0.2) is 48.5 Å². The van der Waals surface area contributed by atoms with Gasteiger partial charge in [0.2, 0.25) is 0 Å². The highest BCUT2D eigenvalue weighted by Gasteiger charge is 2.15. The van der Waals surface area contributed by atoms with Gasteiger partial charge in [0.25, 0.3) is 5.91 Å². The van der Waals surface area contributed by atoms with Crippen molar-refractivity contribution in [3.63, 3.8) is 0 Å². The second-order valence-electron chi connectivity index (χ2n) is 7.55. The van der Waals surface area contributed by atoms with E-state index in [4.69, 9.17) is 0 Å². The van der Waals surface area contributed by atoms with Gasteiger partial charge < -0.3 is 10.2 Å². The minimum absolute atomic E-state index is 0.0759. The number of amides is 1. The summed E-state index contributed by atoms with van der Waals surface area (Å²) in [5.41, 5.74) is 3.88. The molecule has 26 heavy (non-hydrogen) atoms. The Bertz CT molecular complexity index is 714. The first-order chi connectivity index (χ1) is 12.5. The molecule has 0 saturated carbocycles. The van der Waals surface area contributed by atoms with Crippen LogP contribution < -0.4 is 10.2 Å². The van der Waals surface area contributed by atoms with E-state index in [-0.39, 0.29) is 5.91 Å². The maximum atomic E-state index is 12.4. The molecular weight excluding hydrogens is 322 g/mol. The Hall–Kier alpha value is -2.33. The Kier molecular flexibility index (Phi) is 5.94. The lowest BCUT2D eigenvalue weighted by molar-refractivity contribution is 0.102. The molecule has 1 aliphatic rings. The van der Waals surface area contributed by atoms with E-state index in [1.54, 1.807) is 0 Å². The van der Waals surface area contributed by atoms with Crippen molar-refractivity contribution < 1.29 is 4.79 Å². The molecule has 138 valence electrons. The Morgan fingerprint density at radius 2 is 1.65 bits per heavy atom. The standard InChI is InChI=1S/C22H29N3O/c1-17-12-14-25(15-13-17)16-18-4-8-20(9-5-18)23-22(26)19-6-10-21(11-7-19)24(2)3/h4-11,17H,12-16H2,1-3H3,(H,23,26). The Morgan fingerprint density at radius 1 is 1.04 bits per heavy atom. The van der Waals surface area contributed by atoms with Crippen LogP contribution in [0, 0.1) is 5.92 Å². The summed E-state index contributed by atoms with van der Waals surface area (Å²) in [6.45, 7) is 5.70. The number of carbonyl (C=O) groups excluding carboxylic acids is 1. The quantitative estimate of drug-likeness (QED) is 0.875. The minimum Gasteiger partial charge on any atom is -0.378 e. The van der Waals surface area contributed by atoms with E-state index in [0.29, 0.717) is 5.56 Å². The molecule has 2 aromatic rings. The zero-order valence-corrected chi connectivity index (χ0v) is 16.0. The van der Waals surface area contributed by atoms with E-state index in [1.807, 2.05) is 55.4 Å². The SMILES string of the molecule is CC1CCN(Cc2ccc(NC(=O)c3ccc(N(C)C)cc3)cc2)CC1. The topological polar surface area (TPSA) is 35.6 Å². The van der Waals surface area contributed by atoms with Crippen LogP contribution in [0.1, 0.15) is 35.7 Å². The van der Waals surface area contributed by atoms with E-state index in [0.717, 1.165) is 23.8 Å². The van der Waals surface area contributed by atoms with Crippen LogP contribution in [0.25, 0.3) is 0 Å². The minimum atomic E-state index is -0.0759. The average molecular weight is 351 g/mol. The fraction of sp³-hybridized carbons (Fsp3) is 0.409. The van der Waals surface area contributed by atoms with E-state index < -0.39 is 0 Å². The highest BCUT2D eigenvalue weighted by Crippen LogP contribution is 2.19. The van der Waals surface area contributed by atoms with Gasteiger partial charge in [0.05, 0.1) is 0 Å². The van der Waals surface area contributed by atoms with Crippen LogP contribution in [0.2, 0.25) is 0 Å². The van der Waals surface area contributed by atoms with Gasteiger partial charge in [-0.3, -0.25) is 9.69 Å². The molecule has 1 heterocycles. The predicted molar refractivity (Wildman–Crippen MR) is 109 cm³/mol. The maximum Gasteiger partial charge on any atom is 0.255 e. The molecule has 1 N–H and O–H groups in total. The van der Waals surface area contributed by atoms with E-state index in [1.165, 1.54) is 31.5 Å². The summed E-state index contributed by atoms with van der Waals surface area (Å²) in [6.07, 6.45) is 2.58. The highest BCUT2D eigenvalue weighted by molar-refractivity contribution is 6.04. The molecule has 1 saturated heterocycles. The normalized spacial score (nSPS) is 15.7. The number of hydrogen-bond acceptors (Lipinski definition) is 3. The monoisotopic (exact) mass is 351 g/mol. The number of hydrogen-bond donors (Lipinski definition) is 1. The summed E-state index contributed by atoms with van der Waals surface area (Å²) >= 11 is 0. The van der Waals surface area contributed by atoms with Gasteiger partial charge in [0, 0.05) is 37.6 Å². The van der Waals surface area contributed by atoms with E-state index in [2.05, 4.69) is 29.3 Å². The van der Waals surface area contributed by atoms with Crippen molar-refractivity contribution in [3.05, 3.63) is 59.7 Å². The number of nitrogens with one attached hydrogen (secondary N) is 1. The number of anilines is 2. The molecular formula is C22H29N3O. The predicted octanol–water partition coefficient (Wildman–Crippen LogP) is 4.24. The Balaban J connectivity index is 1.55. The van der Waals surface area contributed by atoms with Crippen molar-refractivity contribution in [2.45, 2.75) is 26.3 Å². The second kappa shape index (κ2) is 8.37. The number of likely N-dealkylation sites (tertiary alicyclic amines) is 1. The number of benzene rings is 2. The summed E-state index contributed by atoms with van der Waals surface area (Å²) in [5.74, 6) is 0.781. The van der Waals surface area contributed by atoms with Gasteiger partial charge >= 0.3 is 0 Å². The Morgan fingerprint density at radius 3 is 2.23 bits per heavy atom. The van der Waals surface area contributed by atoms with Gasteiger partial charge in [-0.05, 0) is 73.8 Å². The molecule has 2 aromatic carbocycles. The molecule has 0 unspecified atom stereocenters. The van der Waals surface area contributed by atoms with Crippen molar-refractivity contribution in [2.24, 2.45) is 5.92 Å². The van der Waals surface area contributed by atoms with Crippen LogP contribution in [0.4, 0.5) is 11.4 Å². The number of nitrogens with zero attached hydrogens (tertiary/aromatic N) is 2. The third kappa shape index (κ3) is 4.85. The first kappa shape index (κ1) is 18.5. The molecule has 0 bridgehead atoms. The first-order valence-electron chi connectivity index (χ1n) is 9.41. The molecule has 1 amide bonds. The number of carbonyl (C=O) groups is 1. The molecule has 1 fully saturated rings. The van der Waals surface area contributed by atoms with E-state index in [9.17, 15) is 4.79 Å². The van der Waals surface area contributed by atoms with Gasteiger partial charge in [-0.25, -0.2) is 0 Å². The molecule has 3 rings (SSSR count). The molecule has 0 aliphatic carbocycles. The lowest BCUT2D eigenvalue weighted by Gasteiger charge is -2.30. The average Bonchev–Trinajstić information content (AvgIpc) is 2.65. The van der Waals surface area contributed by atoms with Crippen LogP contribution in [0.3, 0.4) is 0 Å². The highest BCUT2D eigenvalue weighted by atomic mass is 16.1. The second-order valence-corrected chi connectivity index (χ2v) is 7.55. The molecule has 4 heteroatoms. The van der Waals surface area contributed by atoms with Crippen molar-refractivity contribution >= 4 is 17.3 Å². The Labute approximate surface area is 156 Å². The third-order valence-electron chi connectivity index (χ3n) is 5.14. The van der Waals surface area contributed by atoms with Gasteiger partial charge in [-0.2, -0.15) is 0 Å². The van der Waals surface area contributed by atoms with Crippen LogP contribution >= 0.6 is 0 Å². The number of piperidine rings is 1. The number of rotatable bonds is 5. The lowest BCUT2D eigenvalue weighted by Crippen LogP contribution is -2.32. The van der Waals surface area contributed by atoms with Gasteiger partial charge in [-0.1, -0.05) is 19.1 Å². The first-order valence-corrected chi connectivity index (χ1v) is 9.41. The fourth-order valence-electron chi connectivity index (χ4n) is 3.29. The molecule has 0 spiro atoms. The molecule has 0 atom stereocenters. The molecule has 0 aromatic heterocycles. The molecule has 1 aliphatic heterocycles. The largest absolute Gasteiger partial charge is 0.378 e. The lowest BCUT2D eigenvalue weighted by atomic mass is 9.99. The zero-order valence-electron chi connectivity index (χ0n) is 16.0. The summed E-state index contributed by atoms with van der Waals surface area (Å²) < 4.78 is 0. The van der Waals surface area contributed by atoms with Crippen LogP contribution in [-0.4, -0.2) is 38.0 Å². The summed E-state index contributed by atoms with van der Waals surface area (Å²) in [5, 5.41) is 2.98. The summed E-state index contributed by atoms with van der Waals surface area (Å²) in [7, 11) is 3.97. The van der Waals surface area contributed by atoms with Crippen molar-refractivity contribution in [1.82, 2.24) is 4.90 Å². The molecule has 0 radical (unpaired) electrons. The van der Waals surface area contributed by atoms with Gasteiger partial charge in [-0.15, -0.1) is 0 Å². The van der Waals surface area contributed by atoms with Crippen molar-refractivity contribution in [1.29, 1.82) is 0 Å². The van der Waals surface area contributed by atoms with Crippen molar-refractivity contribution in [2.75, 3.05) is 37.4 Å². The third-order valence-corrected chi connectivity index (χ3v) is 5.14. The van der Waals surface area contributed by atoms with Crippen LogP contribution in [0.5, 0.6) is 0 Å². The smallest absolute Gasteiger partial charge is 0.255 e. The van der Waals surface area contributed by atoms with Gasteiger partial charge in [0.1, 0.15) is 0 Å². The zero-order chi connectivity index (χ0) is 18.5. The van der Waals surface area contributed by atoms with Crippen molar-refractivity contribution in [3.8, 4) is 0 Å². The summed E-state index contributed by atoms with van der Waals surface area (Å²) in [4.78, 5) is 16.9. The van der Waals surface area contributed by atoms with Gasteiger partial charge in [0.15, 0.2) is 0 Å².